The number of nitrogens with one attached hydrogen (secondary N) is 1. The first-order valence-electron chi connectivity index (χ1n) is 19.6. The van der Waals surface area contributed by atoms with Crippen LogP contribution in [-0.4, -0.2) is 96.8 Å². The van der Waals surface area contributed by atoms with Gasteiger partial charge in [0.1, 0.15) is 36.6 Å². The summed E-state index contributed by atoms with van der Waals surface area (Å²) in [4.78, 5) is 23.2. The molecule has 1 aliphatic carbocycles. The maximum absolute atomic E-state index is 12.8. The van der Waals surface area contributed by atoms with Crippen molar-refractivity contribution in [1.82, 2.24) is 5.32 Å². The molecule has 0 spiro atoms. The number of allylic oxidation sites excluding steroid dienone is 1. The average molecular weight is 738 g/mol. The van der Waals surface area contributed by atoms with Gasteiger partial charge in [-0.2, -0.15) is 0 Å². The molecule has 296 valence electrons. The SMILES string of the molecule is CCCCCCCCC/C=C/[C@@H](O)[C@H](COP(=O)(O)OC1C(O)C(O)C(O)[C@@H](O)C1O)NC(=O)CCCCCCCCCCCCCCCC. The number of hydrogen-bond acceptors (Lipinski definition) is 10. The summed E-state index contributed by atoms with van der Waals surface area (Å²) in [6.07, 6.45) is 15.9. The smallest absolute Gasteiger partial charge is 0.387 e. The summed E-state index contributed by atoms with van der Waals surface area (Å²) in [5.74, 6) is -0.343. The molecule has 0 radical (unpaired) electrons. The molecule has 0 aliphatic heterocycles. The summed E-state index contributed by atoms with van der Waals surface area (Å²) in [5.41, 5.74) is 0. The van der Waals surface area contributed by atoms with Gasteiger partial charge < -0.3 is 40.8 Å². The number of unbranched alkanes of at least 4 members (excludes halogenated alkanes) is 20. The normalized spacial score (nSPS) is 25.1. The lowest BCUT2D eigenvalue weighted by atomic mass is 9.85. The van der Waals surface area contributed by atoms with E-state index in [1.807, 2.05) is 0 Å². The molecule has 50 heavy (non-hydrogen) atoms. The van der Waals surface area contributed by atoms with Crippen LogP contribution in [0, 0.1) is 0 Å². The van der Waals surface area contributed by atoms with Crippen molar-refractivity contribution in [3.63, 3.8) is 0 Å². The fraction of sp³-hybridized carbons (Fsp3) is 0.919. The number of carbonyl (C=O) groups excluding carboxylic acids is 1. The predicted octanol–water partition coefficient (Wildman–Crippen LogP) is 5.72. The summed E-state index contributed by atoms with van der Waals surface area (Å²) in [7, 11) is -5.06. The van der Waals surface area contributed by atoms with Crippen LogP contribution in [0.3, 0.4) is 0 Å². The highest BCUT2D eigenvalue weighted by Gasteiger charge is 2.51. The molecule has 1 amide bonds. The van der Waals surface area contributed by atoms with Crippen molar-refractivity contribution < 1.29 is 53.9 Å². The van der Waals surface area contributed by atoms with E-state index in [0.29, 0.717) is 6.42 Å². The molecule has 0 aromatic heterocycles. The van der Waals surface area contributed by atoms with Gasteiger partial charge >= 0.3 is 7.82 Å². The lowest BCUT2D eigenvalue weighted by Gasteiger charge is -2.41. The fourth-order valence-corrected chi connectivity index (χ4v) is 7.22. The number of hydrogen-bond donors (Lipinski definition) is 8. The second-order valence-electron chi connectivity index (χ2n) is 14.1. The highest BCUT2D eigenvalue weighted by Crippen LogP contribution is 2.47. The summed E-state index contributed by atoms with van der Waals surface area (Å²) in [6.45, 7) is 3.77. The van der Waals surface area contributed by atoms with Crippen molar-refractivity contribution in [3.05, 3.63) is 12.2 Å². The Balaban J connectivity index is 2.56. The Kier molecular flexibility index (Phi) is 26.9. The molecule has 1 fully saturated rings. The van der Waals surface area contributed by atoms with Gasteiger partial charge in [0.2, 0.25) is 5.91 Å². The first-order chi connectivity index (χ1) is 23.9. The molecule has 1 rings (SSSR count). The first-order valence-corrected chi connectivity index (χ1v) is 21.1. The summed E-state index contributed by atoms with van der Waals surface area (Å²) in [5, 5.41) is 63.5. The highest BCUT2D eigenvalue weighted by atomic mass is 31.2. The average Bonchev–Trinajstić information content (AvgIpc) is 3.09. The van der Waals surface area contributed by atoms with E-state index in [2.05, 4.69) is 19.2 Å². The zero-order valence-electron chi connectivity index (χ0n) is 31.0. The first kappa shape index (κ1) is 47.1. The molecule has 0 heterocycles. The zero-order valence-corrected chi connectivity index (χ0v) is 31.8. The van der Waals surface area contributed by atoms with Gasteiger partial charge in [-0.05, 0) is 19.3 Å². The summed E-state index contributed by atoms with van der Waals surface area (Å²) < 4.78 is 22.7. The molecule has 6 unspecified atom stereocenters. The zero-order chi connectivity index (χ0) is 37.2. The van der Waals surface area contributed by atoms with Crippen molar-refractivity contribution >= 4 is 13.7 Å². The van der Waals surface area contributed by atoms with Crippen molar-refractivity contribution in [1.29, 1.82) is 0 Å². The Morgan fingerprint density at radius 2 is 1.06 bits per heavy atom. The van der Waals surface area contributed by atoms with Gasteiger partial charge in [-0.15, -0.1) is 0 Å². The monoisotopic (exact) mass is 737 g/mol. The molecular formula is C37H72NO11P. The van der Waals surface area contributed by atoms with Gasteiger partial charge in [0.25, 0.3) is 0 Å². The molecule has 12 nitrogen and oxygen atoms in total. The summed E-state index contributed by atoms with van der Waals surface area (Å²) >= 11 is 0. The molecule has 9 atom stereocenters. The van der Waals surface area contributed by atoms with E-state index in [4.69, 9.17) is 9.05 Å². The fourth-order valence-electron chi connectivity index (χ4n) is 6.25. The van der Waals surface area contributed by atoms with Crippen LogP contribution in [0.2, 0.25) is 0 Å². The molecule has 0 bridgehead atoms. The van der Waals surface area contributed by atoms with Crippen LogP contribution < -0.4 is 5.32 Å². The number of phosphoric acid groups is 1. The van der Waals surface area contributed by atoms with Crippen molar-refractivity contribution in [2.45, 2.75) is 210 Å². The minimum atomic E-state index is -5.06. The Labute approximate surface area is 301 Å². The van der Waals surface area contributed by atoms with Crippen LogP contribution in [-0.2, 0) is 18.4 Å². The predicted molar refractivity (Wildman–Crippen MR) is 195 cm³/mol. The number of carbonyl (C=O) groups is 1. The van der Waals surface area contributed by atoms with Crippen molar-refractivity contribution in [2.75, 3.05) is 6.61 Å². The molecule has 0 saturated heterocycles. The van der Waals surface area contributed by atoms with E-state index < -0.39 is 63.2 Å². The Morgan fingerprint density at radius 1 is 0.660 bits per heavy atom. The molecule has 0 aromatic carbocycles. The van der Waals surface area contributed by atoms with Gasteiger partial charge in [0, 0.05) is 6.42 Å². The van der Waals surface area contributed by atoms with Gasteiger partial charge in [-0.1, -0.05) is 148 Å². The van der Waals surface area contributed by atoms with Crippen LogP contribution in [0.25, 0.3) is 0 Å². The third-order valence-electron chi connectivity index (χ3n) is 9.57. The minimum Gasteiger partial charge on any atom is -0.387 e. The van der Waals surface area contributed by atoms with E-state index >= 15 is 0 Å². The second-order valence-corrected chi connectivity index (χ2v) is 15.5. The highest BCUT2D eigenvalue weighted by molar-refractivity contribution is 7.47. The van der Waals surface area contributed by atoms with Crippen LogP contribution >= 0.6 is 7.82 Å². The van der Waals surface area contributed by atoms with Gasteiger partial charge in [-0.25, -0.2) is 4.57 Å². The quantitative estimate of drug-likeness (QED) is 0.0245. The van der Waals surface area contributed by atoms with Crippen molar-refractivity contribution in [3.8, 4) is 0 Å². The number of rotatable bonds is 31. The Hall–Kier alpha value is -0.920. The number of amides is 1. The third kappa shape index (κ3) is 20.9. The largest absolute Gasteiger partial charge is 0.472 e. The lowest BCUT2D eigenvalue weighted by molar-refractivity contribution is -0.220. The second kappa shape index (κ2) is 28.6. The maximum Gasteiger partial charge on any atom is 0.472 e. The van der Waals surface area contributed by atoms with E-state index in [9.17, 15) is 44.9 Å². The lowest BCUT2D eigenvalue weighted by Crippen LogP contribution is -2.64. The van der Waals surface area contributed by atoms with Crippen LogP contribution in [0.5, 0.6) is 0 Å². The van der Waals surface area contributed by atoms with E-state index in [1.165, 1.54) is 96.0 Å². The van der Waals surface area contributed by atoms with Crippen molar-refractivity contribution in [2.24, 2.45) is 0 Å². The van der Waals surface area contributed by atoms with Crippen LogP contribution in [0.15, 0.2) is 12.2 Å². The molecule has 1 aliphatic rings. The molecule has 8 N–H and O–H groups in total. The van der Waals surface area contributed by atoms with Gasteiger partial charge in [0.15, 0.2) is 0 Å². The van der Waals surface area contributed by atoms with E-state index in [1.54, 1.807) is 6.08 Å². The number of aliphatic hydroxyl groups excluding tert-OH is 6. The van der Waals surface area contributed by atoms with Gasteiger partial charge in [-0.3, -0.25) is 13.8 Å². The van der Waals surface area contributed by atoms with E-state index in [0.717, 1.165) is 44.9 Å². The minimum absolute atomic E-state index is 0.217. The third-order valence-corrected chi connectivity index (χ3v) is 10.6. The topological polar surface area (TPSA) is 206 Å². The standard InChI is InChI=1S/C37H72NO11P/c1-3-5-7-9-11-13-14-15-16-17-19-21-23-25-27-31(40)38-29(30(39)26-24-22-20-18-12-10-8-6-4-2)28-48-50(46,47)49-37-35(44)33(42)32(41)34(43)36(37)45/h24,26,29-30,32-37,39,41-45H,3-23,25,27-28H2,1-2H3,(H,38,40)(H,46,47)/b26-24+/t29-,30+,32?,33+,34?,35?,36?,37?/m0/s1. The van der Waals surface area contributed by atoms with Crippen LogP contribution in [0.1, 0.15) is 162 Å². The Morgan fingerprint density at radius 3 is 1.52 bits per heavy atom. The molecule has 1 saturated carbocycles. The molecular weight excluding hydrogens is 665 g/mol. The maximum atomic E-state index is 12.8. The number of phosphoric ester groups is 1. The van der Waals surface area contributed by atoms with E-state index in [-0.39, 0.29) is 12.3 Å². The number of aliphatic hydroxyl groups is 6. The van der Waals surface area contributed by atoms with Crippen LogP contribution in [0.4, 0.5) is 0 Å². The Bertz CT molecular complexity index is 910. The molecule has 13 heteroatoms. The molecule has 0 aromatic rings. The van der Waals surface area contributed by atoms with Gasteiger partial charge in [0.05, 0.1) is 18.8 Å². The summed E-state index contributed by atoms with van der Waals surface area (Å²) in [6, 6.07) is -1.11.